The van der Waals surface area contributed by atoms with Gasteiger partial charge in [-0.05, 0) is 24.6 Å². The third-order valence-corrected chi connectivity index (χ3v) is 4.70. The first-order chi connectivity index (χ1) is 14.5. The van der Waals surface area contributed by atoms with Gasteiger partial charge in [0.05, 0.1) is 16.6 Å². The minimum absolute atomic E-state index is 0.0114. The van der Waals surface area contributed by atoms with Crippen molar-refractivity contribution in [3.63, 3.8) is 0 Å². The number of nitrogens with zero attached hydrogens (tertiary/aromatic N) is 2. The quantitative estimate of drug-likeness (QED) is 0.611. The van der Waals surface area contributed by atoms with Gasteiger partial charge in [-0.3, -0.25) is 9.59 Å². The van der Waals surface area contributed by atoms with Gasteiger partial charge in [-0.25, -0.2) is 4.98 Å². The van der Waals surface area contributed by atoms with Gasteiger partial charge in [0, 0.05) is 18.2 Å². The highest BCUT2D eigenvalue weighted by molar-refractivity contribution is 6.07. The molecule has 1 aromatic heterocycles. The van der Waals surface area contributed by atoms with E-state index in [-0.39, 0.29) is 17.4 Å². The highest BCUT2D eigenvalue weighted by atomic mass is 19.4. The fourth-order valence-electron chi connectivity index (χ4n) is 3.15. The van der Waals surface area contributed by atoms with Crippen LogP contribution < -0.4 is 10.6 Å². The van der Waals surface area contributed by atoms with E-state index in [9.17, 15) is 22.8 Å². The number of fused-ring (bicyclic) bond motifs is 1. The molecular weight excluding hydrogens is 409 g/mol. The molecule has 0 atom stereocenters. The van der Waals surface area contributed by atoms with Gasteiger partial charge in [0.25, 0.3) is 5.91 Å². The first-order valence-corrected chi connectivity index (χ1v) is 9.76. The van der Waals surface area contributed by atoms with Crippen molar-refractivity contribution in [2.24, 2.45) is 5.92 Å². The summed E-state index contributed by atoms with van der Waals surface area (Å²) in [7, 11) is 0. The van der Waals surface area contributed by atoms with E-state index in [0.29, 0.717) is 29.1 Å². The zero-order chi connectivity index (χ0) is 22.8. The molecule has 0 aliphatic rings. The van der Waals surface area contributed by atoms with E-state index in [1.807, 2.05) is 35.6 Å². The van der Waals surface area contributed by atoms with Crippen molar-refractivity contribution in [1.82, 2.24) is 14.9 Å². The third kappa shape index (κ3) is 5.42. The molecule has 0 aliphatic carbocycles. The Hall–Kier alpha value is -3.36. The summed E-state index contributed by atoms with van der Waals surface area (Å²) >= 11 is 0. The second kappa shape index (κ2) is 8.79. The van der Waals surface area contributed by atoms with Gasteiger partial charge in [0.1, 0.15) is 12.4 Å². The van der Waals surface area contributed by atoms with Crippen molar-refractivity contribution in [3.8, 4) is 0 Å². The molecule has 0 saturated carbocycles. The van der Waals surface area contributed by atoms with Gasteiger partial charge in [0.15, 0.2) is 0 Å². The molecule has 6 nitrogen and oxygen atoms in total. The van der Waals surface area contributed by atoms with Crippen LogP contribution in [-0.2, 0) is 11.3 Å². The van der Waals surface area contributed by atoms with Crippen LogP contribution in [0.15, 0.2) is 42.5 Å². The minimum atomic E-state index is -4.54. The molecule has 164 valence electrons. The number of halogens is 3. The Bertz CT molecular complexity index is 1110. The van der Waals surface area contributed by atoms with Crippen LogP contribution in [0.1, 0.15) is 35.6 Å². The molecule has 0 radical (unpaired) electrons. The molecule has 9 heteroatoms. The summed E-state index contributed by atoms with van der Waals surface area (Å²) in [5, 5.41) is 4.61. The SMILES string of the molecule is Cc1nc2cc(NC(=O)C(C)C)cc(C(=O)NCC(F)(F)F)c2n1Cc1ccccc1. The normalized spacial score (nSPS) is 11.7. The molecule has 0 saturated heterocycles. The summed E-state index contributed by atoms with van der Waals surface area (Å²) < 4.78 is 39.8. The van der Waals surface area contributed by atoms with Crippen molar-refractivity contribution >= 4 is 28.5 Å². The third-order valence-electron chi connectivity index (χ3n) is 4.70. The summed E-state index contributed by atoms with van der Waals surface area (Å²) in [5.74, 6) is -0.884. The van der Waals surface area contributed by atoms with Gasteiger partial charge in [-0.2, -0.15) is 13.2 Å². The Morgan fingerprint density at radius 3 is 2.42 bits per heavy atom. The lowest BCUT2D eigenvalue weighted by molar-refractivity contribution is -0.123. The number of hydrogen-bond acceptors (Lipinski definition) is 3. The summed E-state index contributed by atoms with van der Waals surface area (Å²) in [5.41, 5.74) is 2.07. The molecule has 2 amide bonds. The van der Waals surface area contributed by atoms with Crippen LogP contribution in [0, 0.1) is 12.8 Å². The molecule has 0 unspecified atom stereocenters. The van der Waals surface area contributed by atoms with E-state index in [2.05, 4.69) is 10.3 Å². The second-order valence-corrected chi connectivity index (χ2v) is 7.56. The number of imidazole rings is 1. The molecule has 0 fully saturated rings. The van der Waals surface area contributed by atoms with E-state index in [1.54, 1.807) is 31.4 Å². The maximum atomic E-state index is 12.7. The molecule has 31 heavy (non-hydrogen) atoms. The van der Waals surface area contributed by atoms with Crippen molar-refractivity contribution in [2.45, 2.75) is 33.5 Å². The van der Waals surface area contributed by atoms with Gasteiger partial charge >= 0.3 is 6.18 Å². The van der Waals surface area contributed by atoms with E-state index in [4.69, 9.17) is 0 Å². The van der Waals surface area contributed by atoms with E-state index >= 15 is 0 Å². The van der Waals surface area contributed by atoms with E-state index in [0.717, 1.165) is 5.56 Å². The van der Waals surface area contributed by atoms with Crippen LogP contribution in [0.5, 0.6) is 0 Å². The number of hydrogen-bond donors (Lipinski definition) is 2. The Balaban J connectivity index is 2.10. The highest BCUT2D eigenvalue weighted by Gasteiger charge is 2.29. The summed E-state index contributed by atoms with van der Waals surface area (Å²) in [4.78, 5) is 29.3. The van der Waals surface area contributed by atoms with Crippen LogP contribution in [-0.4, -0.2) is 34.1 Å². The lowest BCUT2D eigenvalue weighted by Crippen LogP contribution is -2.34. The number of carbonyl (C=O) groups excluding carboxylic acids is 2. The molecule has 0 spiro atoms. The predicted octanol–water partition coefficient (Wildman–Crippen LogP) is 4.28. The average molecular weight is 432 g/mol. The molecule has 3 aromatic rings. The van der Waals surface area contributed by atoms with Gasteiger partial charge in [0.2, 0.25) is 5.91 Å². The number of anilines is 1. The first kappa shape index (κ1) is 22.3. The smallest absolute Gasteiger partial charge is 0.343 e. The molecule has 0 bridgehead atoms. The first-order valence-electron chi connectivity index (χ1n) is 9.76. The summed E-state index contributed by atoms with van der Waals surface area (Å²) in [6.45, 7) is 4.11. The number of aryl methyl sites for hydroxylation is 1. The number of rotatable bonds is 6. The molecule has 1 heterocycles. The topological polar surface area (TPSA) is 76.0 Å². The second-order valence-electron chi connectivity index (χ2n) is 7.56. The van der Waals surface area contributed by atoms with Crippen LogP contribution in [0.4, 0.5) is 18.9 Å². The van der Waals surface area contributed by atoms with Gasteiger partial charge < -0.3 is 15.2 Å². The van der Waals surface area contributed by atoms with E-state index < -0.39 is 18.6 Å². The standard InChI is InChI=1S/C22H23F3N4O2/c1-13(2)20(30)28-16-9-17(21(31)26-12-22(23,24)25)19-18(10-16)27-14(3)29(19)11-15-7-5-4-6-8-15/h4-10,13H,11-12H2,1-3H3,(H,26,31)(H,28,30). The minimum Gasteiger partial charge on any atom is -0.343 e. The van der Waals surface area contributed by atoms with Gasteiger partial charge in [-0.1, -0.05) is 44.2 Å². The van der Waals surface area contributed by atoms with Gasteiger partial charge in [-0.15, -0.1) is 0 Å². The average Bonchev–Trinajstić information content (AvgIpc) is 3.00. The number of alkyl halides is 3. The molecular formula is C22H23F3N4O2. The fraction of sp³-hybridized carbons (Fsp3) is 0.318. The Morgan fingerprint density at radius 2 is 1.81 bits per heavy atom. The van der Waals surface area contributed by atoms with Crippen LogP contribution in [0.25, 0.3) is 11.0 Å². The number of amides is 2. The van der Waals surface area contributed by atoms with Crippen molar-refractivity contribution in [2.75, 3.05) is 11.9 Å². The Labute approximate surface area is 177 Å². The highest BCUT2D eigenvalue weighted by Crippen LogP contribution is 2.27. The summed E-state index contributed by atoms with van der Waals surface area (Å²) in [6.07, 6.45) is -4.54. The number of benzene rings is 2. The van der Waals surface area contributed by atoms with Crippen LogP contribution >= 0.6 is 0 Å². The lowest BCUT2D eigenvalue weighted by Gasteiger charge is -2.14. The molecule has 2 N–H and O–H groups in total. The molecule has 3 rings (SSSR count). The van der Waals surface area contributed by atoms with Crippen molar-refractivity contribution in [3.05, 3.63) is 59.4 Å². The lowest BCUT2D eigenvalue weighted by atomic mass is 10.1. The zero-order valence-corrected chi connectivity index (χ0v) is 17.4. The predicted molar refractivity (Wildman–Crippen MR) is 112 cm³/mol. The largest absolute Gasteiger partial charge is 0.405 e. The van der Waals surface area contributed by atoms with E-state index in [1.165, 1.54) is 6.07 Å². The Morgan fingerprint density at radius 1 is 1.13 bits per heavy atom. The van der Waals surface area contributed by atoms with Crippen LogP contribution in [0.3, 0.4) is 0 Å². The number of carbonyl (C=O) groups is 2. The fourth-order valence-corrected chi connectivity index (χ4v) is 3.15. The number of nitrogens with one attached hydrogen (secondary N) is 2. The summed E-state index contributed by atoms with van der Waals surface area (Å²) in [6, 6.07) is 12.4. The zero-order valence-electron chi connectivity index (χ0n) is 17.4. The number of aromatic nitrogens is 2. The van der Waals surface area contributed by atoms with Crippen molar-refractivity contribution in [1.29, 1.82) is 0 Å². The van der Waals surface area contributed by atoms with Crippen molar-refractivity contribution < 1.29 is 22.8 Å². The van der Waals surface area contributed by atoms with Crippen LogP contribution in [0.2, 0.25) is 0 Å². The molecule has 0 aliphatic heterocycles. The monoisotopic (exact) mass is 432 g/mol. The Kier molecular flexibility index (Phi) is 6.33. The maximum Gasteiger partial charge on any atom is 0.405 e. The maximum absolute atomic E-state index is 12.7. The molecule has 2 aromatic carbocycles.